The van der Waals surface area contributed by atoms with Crippen molar-refractivity contribution in [3.8, 4) is 0 Å². The zero-order valence-corrected chi connectivity index (χ0v) is 16.7. The lowest BCUT2D eigenvalue weighted by molar-refractivity contribution is -0.139. The van der Waals surface area contributed by atoms with Gasteiger partial charge in [0.2, 0.25) is 5.91 Å². The molecule has 1 saturated heterocycles. The van der Waals surface area contributed by atoms with Gasteiger partial charge in [0, 0.05) is 58.9 Å². The summed E-state index contributed by atoms with van der Waals surface area (Å²) in [7, 11) is 3.97. The topological polar surface area (TPSA) is 26.8 Å². The zero-order chi connectivity index (χ0) is 21.0. The molecule has 1 aliphatic rings. The molecule has 0 aromatic heterocycles. The largest absolute Gasteiger partial charge is 0.416 e. The van der Waals surface area contributed by atoms with E-state index in [2.05, 4.69) is 29.2 Å². The normalized spacial score (nSPS) is 16.0. The molecule has 7 heteroatoms. The third-order valence-corrected chi connectivity index (χ3v) is 5.22. The molecule has 0 unspecified atom stereocenters. The van der Waals surface area contributed by atoms with Gasteiger partial charge in [0.15, 0.2) is 0 Å². The molecule has 2 aromatic rings. The first-order valence-electron chi connectivity index (χ1n) is 9.65. The first-order chi connectivity index (χ1) is 13.7. The lowest BCUT2D eigenvalue weighted by Gasteiger charge is -2.24. The number of benzene rings is 2. The van der Waals surface area contributed by atoms with E-state index in [0.29, 0.717) is 32.6 Å². The predicted molar refractivity (Wildman–Crippen MR) is 108 cm³/mol. The van der Waals surface area contributed by atoms with E-state index in [9.17, 15) is 18.0 Å². The van der Waals surface area contributed by atoms with Crippen molar-refractivity contribution in [2.45, 2.75) is 25.7 Å². The van der Waals surface area contributed by atoms with Gasteiger partial charge in [0.25, 0.3) is 0 Å². The third kappa shape index (κ3) is 5.50. The van der Waals surface area contributed by atoms with Crippen LogP contribution in [-0.2, 0) is 24.1 Å². The fourth-order valence-electron chi connectivity index (χ4n) is 3.53. The highest BCUT2D eigenvalue weighted by Gasteiger charge is 2.34. The minimum absolute atomic E-state index is 0.0140. The van der Waals surface area contributed by atoms with Crippen LogP contribution < -0.4 is 4.90 Å². The quantitative estimate of drug-likeness (QED) is 0.752. The van der Waals surface area contributed by atoms with Gasteiger partial charge in [-0.15, -0.1) is 0 Å². The predicted octanol–water partition coefficient (Wildman–Crippen LogP) is 4.01. The standard InChI is InChI=1S/C22H26F3N3O/c1-26(2)19-9-7-17(8-10-19)15-27-12-11-21(29)28(14-13-27)16-18-5-3-4-6-20(18)22(23,24)25/h3-10H,11-16H2,1-2H3. The van der Waals surface area contributed by atoms with Gasteiger partial charge in [-0.2, -0.15) is 13.2 Å². The van der Waals surface area contributed by atoms with Gasteiger partial charge in [-0.05, 0) is 29.3 Å². The molecule has 2 aromatic carbocycles. The van der Waals surface area contributed by atoms with Crippen molar-refractivity contribution in [1.29, 1.82) is 0 Å². The number of halogens is 3. The van der Waals surface area contributed by atoms with Crippen LogP contribution in [0.4, 0.5) is 18.9 Å². The summed E-state index contributed by atoms with van der Waals surface area (Å²) in [5, 5.41) is 0. The number of carbonyl (C=O) groups excluding carboxylic acids is 1. The summed E-state index contributed by atoms with van der Waals surface area (Å²) in [4.78, 5) is 18.3. The van der Waals surface area contributed by atoms with Gasteiger partial charge in [-0.1, -0.05) is 30.3 Å². The van der Waals surface area contributed by atoms with Crippen LogP contribution in [0.2, 0.25) is 0 Å². The van der Waals surface area contributed by atoms with Crippen LogP contribution in [0.15, 0.2) is 48.5 Å². The average Bonchev–Trinajstić information content (AvgIpc) is 2.84. The first-order valence-corrected chi connectivity index (χ1v) is 9.65. The Morgan fingerprint density at radius 1 is 0.931 bits per heavy atom. The second-order valence-electron chi connectivity index (χ2n) is 7.56. The molecule has 1 amide bonds. The number of amides is 1. The monoisotopic (exact) mass is 405 g/mol. The number of carbonyl (C=O) groups is 1. The number of rotatable bonds is 5. The summed E-state index contributed by atoms with van der Waals surface area (Å²) < 4.78 is 39.7. The van der Waals surface area contributed by atoms with E-state index in [1.54, 1.807) is 11.0 Å². The lowest BCUT2D eigenvalue weighted by Crippen LogP contribution is -2.33. The molecule has 1 aliphatic heterocycles. The number of alkyl halides is 3. The van der Waals surface area contributed by atoms with Crippen molar-refractivity contribution in [2.24, 2.45) is 0 Å². The van der Waals surface area contributed by atoms with E-state index < -0.39 is 11.7 Å². The van der Waals surface area contributed by atoms with Gasteiger partial charge >= 0.3 is 6.18 Å². The van der Waals surface area contributed by atoms with Crippen LogP contribution in [0, 0.1) is 0 Å². The number of nitrogens with zero attached hydrogens (tertiary/aromatic N) is 3. The van der Waals surface area contributed by atoms with Crippen molar-refractivity contribution in [1.82, 2.24) is 9.80 Å². The van der Waals surface area contributed by atoms with E-state index in [4.69, 9.17) is 0 Å². The summed E-state index contributed by atoms with van der Waals surface area (Å²) in [6, 6.07) is 13.7. The molecular weight excluding hydrogens is 379 g/mol. The zero-order valence-electron chi connectivity index (χ0n) is 16.7. The van der Waals surface area contributed by atoms with Crippen LogP contribution >= 0.6 is 0 Å². The minimum atomic E-state index is -4.42. The number of hydrogen-bond acceptors (Lipinski definition) is 3. The maximum absolute atomic E-state index is 13.2. The summed E-state index contributed by atoms with van der Waals surface area (Å²) in [5.74, 6) is -0.104. The Hall–Kier alpha value is -2.54. The van der Waals surface area contributed by atoms with E-state index >= 15 is 0 Å². The molecule has 0 spiro atoms. The van der Waals surface area contributed by atoms with E-state index in [1.165, 1.54) is 12.1 Å². The molecule has 0 atom stereocenters. The first kappa shape index (κ1) is 21.2. The Labute approximate surface area is 169 Å². The second kappa shape index (κ2) is 8.86. The van der Waals surface area contributed by atoms with Crippen molar-refractivity contribution in [3.05, 3.63) is 65.2 Å². The SMILES string of the molecule is CN(C)c1ccc(CN2CCC(=O)N(Cc3ccccc3C(F)(F)F)CC2)cc1. The van der Waals surface area contributed by atoms with E-state index in [-0.39, 0.29) is 18.0 Å². The van der Waals surface area contributed by atoms with Crippen LogP contribution in [0.5, 0.6) is 0 Å². The average molecular weight is 405 g/mol. The smallest absolute Gasteiger partial charge is 0.378 e. The fraction of sp³-hybridized carbons (Fsp3) is 0.409. The van der Waals surface area contributed by atoms with Crippen molar-refractivity contribution in [3.63, 3.8) is 0 Å². The number of hydrogen-bond donors (Lipinski definition) is 0. The highest BCUT2D eigenvalue weighted by molar-refractivity contribution is 5.76. The van der Waals surface area contributed by atoms with Crippen LogP contribution in [-0.4, -0.2) is 49.4 Å². The number of anilines is 1. The summed E-state index contributed by atoms with van der Waals surface area (Å²) in [6.45, 7) is 2.36. The Morgan fingerprint density at radius 2 is 1.62 bits per heavy atom. The molecule has 0 aliphatic carbocycles. The Balaban J connectivity index is 1.64. The maximum Gasteiger partial charge on any atom is 0.416 e. The molecule has 0 N–H and O–H groups in total. The molecule has 156 valence electrons. The van der Waals surface area contributed by atoms with Crippen LogP contribution in [0.25, 0.3) is 0 Å². The van der Waals surface area contributed by atoms with Gasteiger partial charge in [-0.25, -0.2) is 0 Å². The summed E-state index contributed by atoms with van der Waals surface area (Å²) >= 11 is 0. The highest BCUT2D eigenvalue weighted by atomic mass is 19.4. The van der Waals surface area contributed by atoms with Crippen molar-refractivity contribution in [2.75, 3.05) is 38.6 Å². The molecule has 29 heavy (non-hydrogen) atoms. The maximum atomic E-state index is 13.2. The molecule has 0 radical (unpaired) electrons. The molecule has 1 heterocycles. The Kier molecular flexibility index (Phi) is 6.47. The van der Waals surface area contributed by atoms with Crippen LogP contribution in [0.1, 0.15) is 23.1 Å². The molecule has 0 bridgehead atoms. The summed E-state index contributed by atoms with van der Waals surface area (Å²) in [6.07, 6.45) is -4.11. The van der Waals surface area contributed by atoms with Crippen molar-refractivity contribution < 1.29 is 18.0 Å². The molecular formula is C22H26F3N3O. The highest BCUT2D eigenvalue weighted by Crippen LogP contribution is 2.32. The van der Waals surface area contributed by atoms with Crippen LogP contribution in [0.3, 0.4) is 0 Å². The minimum Gasteiger partial charge on any atom is -0.378 e. The van der Waals surface area contributed by atoms with Crippen molar-refractivity contribution >= 4 is 11.6 Å². The fourth-order valence-corrected chi connectivity index (χ4v) is 3.53. The lowest BCUT2D eigenvalue weighted by atomic mass is 10.1. The Bertz CT molecular complexity index is 834. The molecule has 4 nitrogen and oxygen atoms in total. The Morgan fingerprint density at radius 3 is 2.28 bits per heavy atom. The van der Waals surface area contributed by atoms with Gasteiger partial charge in [0.1, 0.15) is 0 Å². The van der Waals surface area contributed by atoms with Gasteiger partial charge in [-0.3, -0.25) is 9.69 Å². The molecule has 1 fully saturated rings. The van der Waals surface area contributed by atoms with E-state index in [1.807, 2.05) is 19.0 Å². The third-order valence-electron chi connectivity index (χ3n) is 5.22. The second-order valence-corrected chi connectivity index (χ2v) is 7.56. The van der Waals surface area contributed by atoms with Gasteiger partial charge in [0.05, 0.1) is 5.56 Å². The van der Waals surface area contributed by atoms with E-state index in [0.717, 1.165) is 17.3 Å². The molecule has 0 saturated carbocycles. The summed E-state index contributed by atoms with van der Waals surface area (Å²) in [5.41, 5.74) is 1.74. The molecule has 3 rings (SSSR count). The van der Waals surface area contributed by atoms with Gasteiger partial charge < -0.3 is 9.80 Å².